The van der Waals surface area contributed by atoms with Crippen LogP contribution in [-0.2, 0) is 22.6 Å². The number of halogens is 1. The number of benzene rings is 2. The fourth-order valence-electron chi connectivity index (χ4n) is 2.94. The van der Waals surface area contributed by atoms with Crippen LogP contribution in [0.2, 0.25) is 0 Å². The van der Waals surface area contributed by atoms with Gasteiger partial charge in [-0.1, -0.05) is 55.8 Å². The van der Waals surface area contributed by atoms with Gasteiger partial charge in [0.15, 0.2) is 0 Å². The molecule has 1 atom stereocenters. The number of rotatable bonds is 10. The number of aryl methyl sites for hydroxylation is 1. The first-order valence-corrected chi connectivity index (χ1v) is 9.86. The summed E-state index contributed by atoms with van der Waals surface area (Å²) >= 11 is 0. The summed E-state index contributed by atoms with van der Waals surface area (Å²) in [5.74, 6) is -0.578. The summed E-state index contributed by atoms with van der Waals surface area (Å²) in [5.41, 5.74) is 1.88. The first kappa shape index (κ1) is 21.6. The van der Waals surface area contributed by atoms with E-state index in [2.05, 4.69) is 12.2 Å². The maximum absolute atomic E-state index is 13.2. The minimum absolute atomic E-state index is 0.0914. The van der Waals surface area contributed by atoms with Gasteiger partial charge in [-0.25, -0.2) is 4.39 Å². The number of carbonyl (C=O) groups excluding carboxylic acids is 2. The molecule has 2 aromatic rings. The molecule has 2 amide bonds. The van der Waals surface area contributed by atoms with Crippen LogP contribution in [0.15, 0.2) is 54.6 Å². The van der Waals surface area contributed by atoms with Gasteiger partial charge in [0, 0.05) is 19.5 Å². The molecule has 0 aliphatic rings. The lowest BCUT2D eigenvalue weighted by atomic mass is 10.1. The van der Waals surface area contributed by atoms with Gasteiger partial charge >= 0.3 is 0 Å². The SMILES string of the molecule is CCCCNC(=O)[C@@H](C)N(Cc1ccc(F)cc1)C(=O)CCc1ccccc1. The molecule has 0 unspecified atom stereocenters. The summed E-state index contributed by atoms with van der Waals surface area (Å²) in [6.07, 6.45) is 2.82. The average molecular weight is 384 g/mol. The van der Waals surface area contributed by atoms with Crippen molar-refractivity contribution in [2.45, 2.75) is 52.1 Å². The molecule has 0 heterocycles. The lowest BCUT2D eigenvalue weighted by Gasteiger charge is -2.29. The Labute approximate surface area is 166 Å². The third kappa shape index (κ3) is 6.80. The average Bonchev–Trinajstić information content (AvgIpc) is 2.72. The molecule has 0 saturated heterocycles. The second-order valence-electron chi connectivity index (χ2n) is 6.95. The van der Waals surface area contributed by atoms with E-state index >= 15 is 0 Å². The van der Waals surface area contributed by atoms with E-state index < -0.39 is 6.04 Å². The van der Waals surface area contributed by atoms with Crippen molar-refractivity contribution in [3.8, 4) is 0 Å². The third-order valence-corrected chi connectivity index (χ3v) is 4.73. The Morgan fingerprint density at radius 2 is 1.71 bits per heavy atom. The molecule has 0 aromatic heterocycles. The van der Waals surface area contributed by atoms with E-state index in [0.717, 1.165) is 24.0 Å². The lowest BCUT2D eigenvalue weighted by molar-refractivity contribution is -0.140. The molecule has 2 aromatic carbocycles. The fraction of sp³-hybridized carbons (Fsp3) is 0.391. The zero-order valence-corrected chi connectivity index (χ0v) is 16.7. The monoisotopic (exact) mass is 384 g/mol. The van der Waals surface area contributed by atoms with Crippen LogP contribution in [0.1, 0.15) is 44.2 Å². The number of amides is 2. The minimum Gasteiger partial charge on any atom is -0.354 e. The van der Waals surface area contributed by atoms with Gasteiger partial charge in [-0.15, -0.1) is 0 Å². The minimum atomic E-state index is -0.592. The topological polar surface area (TPSA) is 49.4 Å². The number of carbonyl (C=O) groups is 2. The van der Waals surface area contributed by atoms with Crippen LogP contribution in [-0.4, -0.2) is 29.3 Å². The van der Waals surface area contributed by atoms with Crippen LogP contribution < -0.4 is 5.32 Å². The van der Waals surface area contributed by atoms with Crippen LogP contribution in [0.5, 0.6) is 0 Å². The molecular weight excluding hydrogens is 355 g/mol. The Hall–Kier alpha value is -2.69. The Morgan fingerprint density at radius 3 is 2.36 bits per heavy atom. The quantitative estimate of drug-likeness (QED) is 0.627. The van der Waals surface area contributed by atoms with Crippen LogP contribution >= 0.6 is 0 Å². The normalized spacial score (nSPS) is 11.7. The molecule has 28 heavy (non-hydrogen) atoms. The molecule has 150 valence electrons. The van der Waals surface area contributed by atoms with Gasteiger partial charge in [0.25, 0.3) is 0 Å². The number of hydrogen-bond donors (Lipinski definition) is 1. The van der Waals surface area contributed by atoms with Gasteiger partial charge in [-0.3, -0.25) is 9.59 Å². The predicted octanol–water partition coefficient (Wildman–Crippen LogP) is 4.09. The number of nitrogens with one attached hydrogen (secondary N) is 1. The van der Waals surface area contributed by atoms with Gasteiger partial charge < -0.3 is 10.2 Å². The number of hydrogen-bond acceptors (Lipinski definition) is 2. The summed E-state index contributed by atoms with van der Waals surface area (Å²) in [7, 11) is 0. The fourth-order valence-corrected chi connectivity index (χ4v) is 2.94. The Kier molecular flexibility index (Phi) is 8.66. The summed E-state index contributed by atoms with van der Waals surface area (Å²) in [4.78, 5) is 27.0. The molecular formula is C23H29FN2O2. The van der Waals surface area contributed by atoms with Gasteiger partial charge in [0.05, 0.1) is 0 Å². The number of unbranched alkanes of at least 4 members (excludes halogenated alkanes) is 1. The Bertz CT molecular complexity index is 747. The van der Waals surface area contributed by atoms with Crippen LogP contribution in [0, 0.1) is 5.82 Å². The van der Waals surface area contributed by atoms with Crippen molar-refractivity contribution in [3.05, 3.63) is 71.5 Å². The maximum atomic E-state index is 13.2. The first-order valence-electron chi connectivity index (χ1n) is 9.86. The summed E-state index contributed by atoms with van der Waals surface area (Å²) in [5, 5.41) is 2.89. The molecule has 0 spiro atoms. The second-order valence-corrected chi connectivity index (χ2v) is 6.95. The van der Waals surface area contributed by atoms with Crippen LogP contribution in [0.3, 0.4) is 0 Å². The van der Waals surface area contributed by atoms with Crippen LogP contribution in [0.25, 0.3) is 0 Å². The van der Waals surface area contributed by atoms with Gasteiger partial charge in [0.2, 0.25) is 11.8 Å². The third-order valence-electron chi connectivity index (χ3n) is 4.73. The van der Waals surface area contributed by atoms with E-state index in [1.54, 1.807) is 24.0 Å². The molecule has 1 N–H and O–H groups in total. The predicted molar refractivity (Wildman–Crippen MR) is 109 cm³/mol. The molecule has 5 heteroatoms. The highest BCUT2D eigenvalue weighted by atomic mass is 19.1. The zero-order chi connectivity index (χ0) is 20.4. The smallest absolute Gasteiger partial charge is 0.242 e. The van der Waals surface area contributed by atoms with Crippen molar-refractivity contribution >= 4 is 11.8 Å². The maximum Gasteiger partial charge on any atom is 0.242 e. The largest absolute Gasteiger partial charge is 0.354 e. The Morgan fingerprint density at radius 1 is 1.04 bits per heavy atom. The first-order chi connectivity index (χ1) is 13.5. The van der Waals surface area contributed by atoms with Crippen molar-refractivity contribution in [2.24, 2.45) is 0 Å². The second kappa shape index (κ2) is 11.2. The highest BCUT2D eigenvalue weighted by Crippen LogP contribution is 2.13. The molecule has 0 aliphatic carbocycles. The van der Waals surface area contributed by atoms with E-state index in [4.69, 9.17) is 0 Å². The molecule has 0 radical (unpaired) electrons. The molecule has 0 aliphatic heterocycles. The molecule has 0 saturated carbocycles. The van der Waals surface area contributed by atoms with Crippen molar-refractivity contribution in [1.82, 2.24) is 10.2 Å². The molecule has 0 bridgehead atoms. The number of nitrogens with zero attached hydrogens (tertiary/aromatic N) is 1. The van der Waals surface area contributed by atoms with E-state index in [9.17, 15) is 14.0 Å². The van der Waals surface area contributed by atoms with Crippen molar-refractivity contribution in [1.29, 1.82) is 0 Å². The summed E-state index contributed by atoms with van der Waals surface area (Å²) in [6, 6.07) is 15.2. The van der Waals surface area contributed by atoms with Gasteiger partial charge in [-0.05, 0) is 43.0 Å². The van der Waals surface area contributed by atoms with E-state index in [-0.39, 0.29) is 24.2 Å². The lowest BCUT2D eigenvalue weighted by Crippen LogP contribution is -2.47. The van der Waals surface area contributed by atoms with Gasteiger partial charge in [0.1, 0.15) is 11.9 Å². The standard InChI is InChI=1S/C23H29FN2O2/c1-3-4-16-25-23(28)18(2)26(17-20-10-13-21(24)14-11-20)22(27)15-12-19-8-6-5-7-9-19/h5-11,13-14,18H,3-4,12,15-17H2,1-2H3,(H,25,28)/t18-/m1/s1. The van der Waals surface area contributed by atoms with Crippen LogP contribution in [0.4, 0.5) is 4.39 Å². The van der Waals surface area contributed by atoms with E-state index in [0.29, 0.717) is 19.4 Å². The highest BCUT2D eigenvalue weighted by molar-refractivity contribution is 5.87. The van der Waals surface area contributed by atoms with E-state index in [1.165, 1.54) is 12.1 Å². The summed E-state index contributed by atoms with van der Waals surface area (Å²) in [6.45, 7) is 4.67. The van der Waals surface area contributed by atoms with Crippen molar-refractivity contribution < 1.29 is 14.0 Å². The van der Waals surface area contributed by atoms with Gasteiger partial charge in [-0.2, -0.15) is 0 Å². The summed E-state index contributed by atoms with van der Waals surface area (Å²) < 4.78 is 13.2. The highest BCUT2D eigenvalue weighted by Gasteiger charge is 2.25. The van der Waals surface area contributed by atoms with Crippen molar-refractivity contribution in [2.75, 3.05) is 6.54 Å². The molecule has 4 nitrogen and oxygen atoms in total. The molecule has 2 rings (SSSR count). The zero-order valence-electron chi connectivity index (χ0n) is 16.7. The van der Waals surface area contributed by atoms with Crippen molar-refractivity contribution in [3.63, 3.8) is 0 Å². The molecule has 0 fully saturated rings. The Balaban J connectivity index is 2.08. The van der Waals surface area contributed by atoms with E-state index in [1.807, 2.05) is 30.3 Å².